The summed E-state index contributed by atoms with van der Waals surface area (Å²) in [5.41, 5.74) is 2.54. The second-order valence-electron chi connectivity index (χ2n) is 3.64. The van der Waals surface area contributed by atoms with Gasteiger partial charge in [0.15, 0.2) is 0 Å². The number of aryl methyl sites for hydroxylation is 1. The first-order valence-corrected chi connectivity index (χ1v) is 6.17. The van der Waals surface area contributed by atoms with Gasteiger partial charge in [-0.1, -0.05) is 59.8 Å². The van der Waals surface area contributed by atoms with Crippen LogP contribution in [0.5, 0.6) is 0 Å². The highest BCUT2D eigenvalue weighted by atomic mass is 32.2. The van der Waals surface area contributed by atoms with Crippen LogP contribution in [0.3, 0.4) is 0 Å². The van der Waals surface area contributed by atoms with Gasteiger partial charge in [0.05, 0.1) is 0 Å². The maximum Gasteiger partial charge on any atom is 0.0116 e. The molecule has 16 heavy (non-hydrogen) atoms. The highest BCUT2D eigenvalue weighted by molar-refractivity contribution is 8.02. The molecule has 0 atom stereocenters. The normalized spacial score (nSPS) is 10.8. The zero-order valence-corrected chi connectivity index (χ0v) is 10.1. The molecule has 0 aromatic heterocycles. The largest absolute Gasteiger partial charge is 0.0981 e. The fourth-order valence-corrected chi connectivity index (χ4v) is 2.05. The second kappa shape index (κ2) is 5.57. The summed E-state index contributed by atoms with van der Waals surface area (Å²) < 4.78 is 0. The van der Waals surface area contributed by atoms with Crippen molar-refractivity contribution in [3.8, 4) is 0 Å². The molecule has 0 unspecified atom stereocenters. The van der Waals surface area contributed by atoms with E-state index in [0.717, 1.165) is 0 Å². The van der Waals surface area contributed by atoms with Gasteiger partial charge in [-0.3, -0.25) is 0 Å². The van der Waals surface area contributed by atoms with E-state index in [0.29, 0.717) is 0 Å². The lowest BCUT2D eigenvalue weighted by Gasteiger charge is -1.96. The quantitative estimate of drug-likeness (QED) is 0.680. The van der Waals surface area contributed by atoms with Gasteiger partial charge in [-0.2, -0.15) is 0 Å². The van der Waals surface area contributed by atoms with Gasteiger partial charge < -0.3 is 0 Å². The Morgan fingerprint density at radius 1 is 0.875 bits per heavy atom. The number of benzene rings is 2. The molecular formula is C15H14S. The van der Waals surface area contributed by atoms with Crippen molar-refractivity contribution in [2.45, 2.75) is 11.8 Å². The molecule has 80 valence electrons. The maximum absolute atomic E-state index is 2.15. The lowest BCUT2D eigenvalue weighted by Crippen LogP contribution is -1.71. The van der Waals surface area contributed by atoms with E-state index in [2.05, 4.69) is 66.9 Å². The summed E-state index contributed by atoms with van der Waals surface area (Å²) >= 11 is 1.74. The molecule has 0 N–H and O–H groups in total. The Balaban J connectivity index is 1.97. The molecule has 0 heterocycles. The molecule has 2 aromatic carbocycles. The monoisotopic (exact) mass is 226 g/mol. The molecule has 0 bridgehead atoms. The first kappa shape index (κ1) is 11.0. The third-order valence-electron chi connectivity index (χ3n) is 2.29. The second-order valence-corrected chi connectivity index (χ2v) is 4.62. The Hall–Kier alpha value is -1.47. The van der Waals surface area contributed by atoms with Crippen LogP contribution in [0.4, 0.5) is 0 Å². The average molecular weight is 226 g/mol. The van der Waals surface area contributed by atoms with Crippen LogP contribution in [-0.2, 0) is 0 Å². The Morgan fingerprint density at radius 2 is 1.56 bits per heavy atom. The van der Waals surface area contributed by atoms with Crippen molar-refractivity contribution >= 4 is 17.8 Å². The third kappa shape index (κ3) is 3.28. The molecular weight excluding hydrogens is 212 g/mol. The standard InChI is InChI=1S/C15H14S/c1-13-7-9-15(10-8-13)16-12-11-14-5-3-2-4-6-14/h2-12H,1H3. The van der Waals surface area contributed by atoms with E-state index < -0.39 is 0 Å². The SMILES string of the molecule is Cc1ccc(SC=Cc2ccccc2)cc1. The number of hydrogen-bond donors (Lipinski definition) is 0. The van der Waals surface area contributed by atoms with E-state index in [9.17, 15) is 0 Å². The molecule has 1 heteroatoms. The van der Waals surface area contributed by atoms with Crippen molar-refractivity contribution in [3.63, 3.8) is 0 Å². The summed E-state index contributed by atoms with van der Waals surface area (Å²) in [6.07, 6.45) is 2.13. The molecule has 2 aromatic rings. The van der Waals surface area contributed by atoms with E-state index in [-0.39, 0.29) is 0 Å². The highest BCUT2D eigenvalue weighted by Gasteiger charge is 1.89. The molecule has 2 rings (SSSR count). The van der Waals surface area contributed by atoms with E-state index in [4.69, 9.17) is 0 Å². The Morgan fingerprint density at radius 3 is 2.25 bits per heavy atom. The third-order valence-corrected chi connectivity index (χ3v) is 3.10. The zero-order valence-electron chi connectivity index (χ0n) is 9.26. The molecule has 0 nitrogen and oxygen atoms in total. The fraction of sp³-hybridized carbons (Fsp3) is 0.0667. The molecule has 0 spiro atoms. The summed E-state index contributed by atoms with van der Waals surface area (Å²) in [6, 6.07) is 18.9. The van der Waals surface area contributed by atoms with Crippen LogP contribution in [0.25, 0.3) is 6.08 Å². The predicted molar refractivity (Wildman–Crippen MR) is 72.5 cm³/mol. The van der Waals surface area contributed by atoms with Gasteiger partial charge in [0, 0.05) is 4.90 Å². The summed E-state index contributed by atoms with van der Waals surface area (Å²) in [7, 11) is 0. The van der Waals surface area contributed by atoms with Crippen molar-refractivity contribution in [1.82, 2.24) is 0 Å². The lowest BCUT2D eigenvalue weighted by atomic mass is 10.2. The first-order valence-electron chi connectivity index (χ1n) is 5.29. The summed E-state index contributed by atoms with van der Waals surface area (Å²) in [5, 5.41) is 2.12. The van der Waals surface area contributed by atoms with Crippen molar-refractivity contribution in [3.05, 3.63) is 71.1 Å². The first-order chi connectivity index (χ1) is 7.84. The minimum atomic E-state index is 1.24. The van der Waals surface area contributed by atoms with Crippen LogP contribution in [-0.4, -0.2) is 0 Å². The van der Waals surface area contributed by atoms with Crippen LogP contribution >= 0.6 is 11.8 Å². The van der Waals surface area contributed by atoms with Gasteiger partial charge in [0.25, 0.3) is 0 Å². The fourth-order valence-electron chi connectivity index (χ4n) is 1.37. The van der Waals surface area contributed by atoms with Crippen molar-refractivity contribution in [1.29, 1.82) is 0 Å². The van der Waals surface area contributed by atoms with Gasteiger partial charge in [0.1, 0.15) is 0 Å². The Bertz CT molecular complexity index is 455. The van der Waals surface area contributed by atoms with Crippen LogP contribution in [0.2, 0.25) is 0 Å². The van der Waals surface area contributed by atoms with E-state index in [1.54, 1.807) is 11.8 Å². The van der Waals surface area contributed by atoms with Gasteiger partial charge in [-0.25, -0.2) is 0 Å². The zero-order chi connectivity index (χ0) is 11.2. The van der Waals surface area contributed by atoms with Crippen LogP contribution in [0.15, 0.2) is 64.9 Å². The number of thioether (sulfide) groups is 1. The van der Waals surface area contributed by atoms with Crippen molar-refractivity contribution < 1.29 is 0 Å². The van der Waals surface area contributed by atoms with Crippen molar-refractivity contribution in [2.24, 2.45) is 0 Å². The van der Waals surface area contributed by atoms with Gasteiger partial charge in [-0.15, -0.1) is 0 Å². The van der Waals surface area contributed by atoms with Crippen molar-refractivity contribution in [2.75, 3.05) is 0 Å². The predicted octanol–water partition coefficient (Wildman–Crippen LogP) is 4.76. The molecule has 0 radical (unpaired) electrons. The lowest BCUT2D eigenvalue weighted by molar-refractivity contribution is 1.38. The molecule has 0 aliphatic heterocycles. The minimum absolute atomic E-state index is 1.24. The number of rotatable bonds is 3. The van der Waals surface area contributed by atoms with E-state index in [1.165, 1.54) is 16.0 Å². The molecule has 0 saturated carbocycles. The topological polar surface area (TPSA) is 0 Å². The molecule has 0 saturated heterocycles. The van der Waals surface area contributed by atoms with Gasteiger partial charge in [0.2, 0.25) is 0 Å². The Kier molecular flexibility index (Phi) is 3.84. The highest BCUT2D eigenvalue weighted by Crippen LogP contribution is 2.20. The summed E-state index contributed by atoms with van der Waals surface area (Å²) in [4.78, 5) is 1.28. The minimum Gasteiger partial charge on any atom is -0.0981 e. The van der Waals surface area contributed by atoms with Crippen LogP contribution in [0, 0.1) is 6.92 Å². The molecule has 0 fully saturated rings. The van der Waals surface area contributed by atoms with Gasteiger partial charge >= 0.3 is 0 Å². The Labute approximate surface area is 101 Å². The summed E-state index contributed by atoms with van der Waals surface area (Å²) in [5.74, 6) is 0. The smallest absolute Gasteiger partial charge is 0.0116 e. The molecule has 0 amide bonds. The van der Waals surface area contributed by atoms with Gasteiger partial charge in [-0.05, 0) is 36.1 Å². The van der Waals surface area contributed by atoms with Crippen LogP contribution < -0.4 is 0 Å². The summed E-state index contributed by atoms with van der Waals surface area (Å²) in [6.45, 7) is 2.11. The number of hydrogen-bond acceptors (Lipinski definition) is 1. The average Bonchev–Trinajstić information content (AvgIpc) is 2.33. The van der Waals surface area contributed by atoms with E-state index in [1.807, 2.05) is 6.07 Å². The molecule has 0 aliphatic rings. The molecule has 0 aliphatic carbocycles. The van der Waals surface area contributed by atoms with E-state index >= 15 is 0 Å². The maximum atomic E-state index is 2.15. The van der Waals surface area contributed by atoms with Crippen LogP contribution in [0.1, 0.15) is 11.1 Å².